The van der Waals surface area contributed by atoms with Crippen molar-refractivity contribution in [2.45, 2.75) is 13.5 Å². The molecule has 4 nitrogen and oxygen atoms in total. The van der Waals surface area contributed by atoms with Crippen LogP contribution in [-0.2, 0) is 11.3 Å². The molecule has 1 amide bonds. The molecule has 0 bridgehead atoms. The summed E-state index contributed by atoms with van der Waals surface area (Å²) in [5.41, 5.74) is 0.965. The summed E-state index contributed by atoms with van der Waals surface area (Å²) >= 11 is 1.54. The summed E-state index contributed by atoms with van der Waals surface area (Å²) < 4.78 is 5.22. The Labute approximate surface area is 118 Å². The number of para-hydroxylation sites is 1. The van der Waals surface area contributed by atoms with E-state index in [9.17, 15) is 4.79 Å². The zero-order valence-corrected chi connectivity index (χ0v) is 12.2. The average Bonchev–Trinajstić information content (AvgIpc) is 2.45. The van der Waals surface area contributed by atoms with Crippen LogP contribution in [0.1, 0.15) is 12.5 Å². The fraction of sp³-hybridized carbons (Fsp3) is 0.500. The minimum Gasteiger partial charge on any atom is -0.496 e. The number of hydrogen-bond donors (Lipinski definition) is 2. The van der Waals surface area contributed by atoms with Gasteiger partial charge in [0, 0.05) is 18.7 Å². The first-order valence-electron chi connectivity index (χ1n) is 6.24. The molecule has 1 rings (SSSR count). The zero-order chi connectivity index (χ0) is 14.1. The third kappa shape index (κ3) is 5.98. The van der Waals surface area contributed by atoms with E-state index in [1.54, 1.807) is 7.11 Å². The highest BCUT2D eigenvalue weighted by molar-refractivity contribution is 7.99. The van der Waals surface area contributed by atoms with Crippen LogP contribution in [0.15, 0.2) is 24.3 Å². The van der Waals surface area contributed by atoms with E-state index >= 15 is 0 Å². The van der Waals surface area contributed by atoms with E-state index in [1.165, 1.54) is 11.8 Å². The van der Waals surface area contributed by atoms with Crippen LogP contribution in [0.3, 0.4) is 0 Å². The van der Waals surface area contributed by atoms with E-state index in [1.807, 2.05) is 31.2 Å². The van der Waals surface area contributed by atoms with Gasteiger partial charge in [0.1, 0.15) is 5.75 Å². The van der Waals surface area contributed by atoms with Gasteiger partial charge in [0.25, 0.3) is 0 Å². The topological polar surface area (TPSA) is 58.6 Å². The van der Waals surface area contributed by atoms with Crippen LogP contribution in [-0.4, -0.2) is 36.2 Å². The molecule has 19 heavy (non-hydrogen) atoms. The molecule has 5 heteroatoms. The molecular formula is C14H21NO3S. The predicted molar refractivity (Wildman–Crippen MR) is 78.4 cm³/mol. The Balaban J connectivity index is 2.30. The minimum atomic E-state index is 0.000968. The van der Waals surface area contributed by atoms with Gasteiger partial charge in [-0.05, 0) is 17.7 Å². The van der Waals surface area contributed by atoms with Gasteiger partial charge < -0.3 is 15.2 Å². The number of benzene rings is 1. The lowest BCUT2D eigenvalue weighted by Gasteiger charge is -2.10. The highest BCUT2D eigenvalue weighted by Crippen LogP contribution is 2.16. The maximum absolute atomic E-state index is 11.7. The minimum absolute atomic E-state index is 0.000968. The second-order valence-electron chi connectivity index (χ2n) is 4.39. The van der Waals surface area contributed by atoms with Crippen LogP contribution < -0.4 is 10.1 Å². The van der Waals surface area contributed by atoms with E-state index in [-0.39, 0.29) is 18.4 Å². The molecular weight excluding hydrogens is 262 g/mol. The molecule has 1 aromatic carbocycles. The molecule has 0 spiro atoms. The number of hydrogen-bond acceptors (Lipinski definition) is 4. The molecule has 1 atom stereocenters. The van der Waals surface area contributed by atoms with Gasteiger partial charge in [-0.2, -0.15) is 11.8 Å². The lowest BCUT2D eigenvalue weighted by atomic mass is 10.2. The van der Waals surface area contributed by atoms with E-state index in [0.717, 1.165) is 17.1 Å². The maximum atomic E-state index is 11.7. The first-order valence-corrected chi connectivity index (χ1v) is 7.40. The summed E-state index contributed by atoms with van der Waals surface area (Å²) in [4.78, 5) is 11.7. The molecule has 0 aliphatic heterocycles. The molecule has 106 valence electrons. The van der Waals surface area contributed by atoms with Crippen molar-refractivity contribution in [2.75, 3.05) is 25.2 Å². The standard InChI is InChI=1S/C14H21NO3S/c1-11(8-16)9-19-10-14(17)15-7-12-5-3-4-6-13(12)18-2/h3-6,11,16H,7-10H2,1-2H3,(H,15,17). The lowest BCUT2D eigenvalue weighted by Crippen LogP contribution is -2.25. The van der Waals surface area contributed by atoms with Crippen molar-refractivity contribution in [2.24, 2.45) is 5.92 Å². The highest BCUT2D eigenvalue weighted by Gasteiger charge is 2.06. The largest absolute Gasteiger partial charge is 0.496 e. The third-order valence-electron chi connectivity index (χ3n) is 2.62. The van der Waals surface area contributed by atoms with Crippen LogP contribution in [0.4, 0.5) is 0 Å². The molecule has 0 radical (unpaired) electrons. The molecule has 0 aromatic heterocycles. The average molecular weight is 283 g/mol. The van der Waals surface area contributed by atoms with Gasteiger partial charge in [-0.25, -0.2) is 0 Å². The summed E-state index contributed by atoms with van der Waals surface area (Å²) in [5, 5.41) is 11.7. The number of ether oxygens (including phenoxy) is 1. The first kappa shape index (κ1) is 15.9. The summed E-state index contributed by atoms with van der Waals surface area (Å²) in [6.45, 7) is 2.59. The molecule has 1 unspecified atom stereocenters. The molecule has 0 aliphatic rings. The molecule has 0 saturated carbocycles. The molecule has 0 fully saturated rings. The number of amides is 1. The number of methoxy groups -OCH3 is 1. The number of carbonyl (C=O) groups excluding carboxylic acids is 1. The van der Waals surface area contributed by atoms with Crippen molar-refractivity contribution in [3.63, 3.8) is 0 Å². The van der Waals surface area contributed by atoms with Gasteiger partial charge in [0.2, 0.25) is 5.91 Å². The van der Waals surface area contributed by atoms with Gasteiger partial charge >= 0.3 is 0 Å². The number of aliphatic hydroxyl groups is 1. The van der Waals surface area contributed by atoms with Crippen molar-refractivity contribution >= 4 is 17.7 Å². The fourth-order valence-electron chi connectivity index (χ4n) is 1.50. The Morgan fingerprint density at radius 2 is 2.21 bits per heavy atom. The smallest absolute Gasteiger partial charge is 0.230 e. The van der Waals surface area contributed by atoms with Gasteiger partial charge in [0.05, 0.1) is 12.9 Å². The van der Waals surface area contributed by atoms with Crippen LogP contribution in [0, 0.1) is 5.92 Å². The van der Waals surface area contributed by atoms with Gasteiger partial charge in [0.15, 0.2) is 0 Å². The lowest BCUT2D eigenvalue weighted by molar-refractivity contribution is -0.118. The van der Waals surface area contributed by atoms with E-state index in [4.69, 9.17) is 9.84 Å². The van der Waals surface area contributed by atoms with Crippen LogP contribution in [0.25, 0.3) is 0 Å². The third-order valence-corrected chi connectivity index (χ3v) is 3.89. The summed E-state index contributed by atoms with van der Waals surface area (Å²) in [6, 6.07) is 7.62. The molecule has 0 saturated heterocycles. The monoisotopic (exact) mass is 283 g/mol. The molecule has 0 aliphatic carbocycles. The number of thioether (sulfide) groups is 1. The number of aliphatic hydroxyl groups excluding tert-OH is 1. The maximum Gasteiger partial charge on any atom is 0.230 e. The summed E-state index contributed by atoms with van der Waals surface area (Å²) in [7, 11) is 1.62. The van der Waals surface area contributed by atoms with Gasteiger partial charge in [-0.1, -0.05) is 25.1 Å². The fourth-order valence-corrected chi connectivity index (χ4v) is 2.41. The molecule has 0 heterocycles. The number of rotatable bonds is 8. The zero-order valence-electron chi connectivity index (χ0n) is 11.4. The Morgan fingerprint density at radius 1 is 1.47 bits per heavy atom. The van der Waals surface area contributed by atoms with Crippen molar-refractivity contribution < 1.29 is 14.6 Å². The van der Waals surface area contributed by atoms with Crippen molar-refractivity contribution in [3.05, 3.63) is 29.8 Å². The Kier molecular flexibility index (Phi) is 7.36. The number of carbonyl (C=O) groups is 1. The Bertz CT molecular complexity index is 398. The second kappa shape index (κ2) is 8.82. The Morgan fingerprint density at radius 3 is 2.89 bits per heavy atom. The normalized spacial score (nSPS) is 11.9. The van der Waals surface area contributed by atoms with E-state index in [2.05, 4.69) is 5.32 Å². The quantitative estimate of drug-likeness (QED) is 0.762. The van der Waals surface area contributed by atoms with Crippen molar-refractivity contribution in [1.82, 2.24) is 5.32 Å². The van der Waals surface area contributed by atoms with Gasteiger partial charge in [-0.3, -0.25) is 4.79 Å². The van der Waals surface area contributed by atoms with Crippen molar-refractivity contribution in [3.8, 4) is 5.75 Å². The van der Waals surface area contributed by atoms with Gasteiger partial charge in [-0.15, -0.1) is 0 Å². The number of nitrogens with one attached hydrogen (secondary N) is 1. The van der Waals surface area contributed by atoms with Crippen LogP contribution in [0.5, 0.6) is 5.75 Å². The molecule has 1 aromatic rings. The molecule has 2 N–H and O–H groups in total. The summed E-state index contributed by atoms with van der Waals surface area (Å²) in [6.07, 6.45) is 0. The Hall–Kier alpha value is -1.20. The summed E-state index contributed by atoms with van der Waals surface area (Å²) in [5.74, 6) is 2.22. The van der Waals surface area contributed by atoms with Crippen LogP contribution in [0.2, 0.25) is 0 Å². The first-order chi connectivity index (χ1) is 9.17. The van der Waals surface area contributed by atoms with E-state index < -0.39 is 0 Å². The highest BCUT2D eigenvalue weighted by atomic mass is 32.2. The van der Waals surface area contributed by atoms with Crippen molar-refractivity contribution in [1.29, 1.82) is 0 Å². The van der Waals surface area contributed by atoms with E-state index in [0.29, 0.717) is 12.3 Å². The predicted octanol–water partition coefficient (Wildman–Crippen LogP) is 1.67. The second-order valence-corrected chi connectivity index (χ2v) is 5.42. The van der Waals surface area contributed by atoms with Crippen LogP contribution >= 0.6 is 11.8 Å². The SMILES string of the molecule is COc1ccccc1CNC(=O)CSCC(C)CO.